The number of hydrogen-bond donors (Lipinski definition) is 0. The predicted molar refractivity (Wildman–Crippen MR) is 99.6 cm³/mol. The van der Waals surface area contributed by atoms with Gasteiger partial charge in [0.1, 0.15) is 5.75 Å². The Morgan fingerprint density at radius 3 is 2.70 bits per heavy atom. The molecule has 3 rings (SSSR count). The largest absolute Gasteiger partial charge is 0.497 e. The molecule has 1 saturated heterocycles. The van der Waals surface area contributed by atoms with Crippen LogP contribution in [0, 0.1) is 0 Å². The second kappa shape index (κ2) is 8.04. The molecule has 0 aromatic heterocycles. The molecule has 142 valence electrons. The van der Waals surface area contributed by atoms with Crippen molar-refractivity contribution in [3.05, 3.63) is 59.7 Å². The number of hydrogen-bond acceptors (Lipinski definition) is 4. The van der Waals surface area contributed by atoms with Crippen molar-refractivity contribution < 1.29 is 22.7 Å². The van der Waals surface area contributed by atoms with Crippen LogP contribution in [0.2, 0.25) is 0 Å². The fourth-order valence-corrected chi connectivity index (χ4v) is 3.57. The first-order chi connectivity index (χ1) is 12.9. The van der Waals surface area contributed by atoms with E-state index in [2.05, 4.69) is 4.99 Å². The van der Waals surface area contributed by atoms with Crippen LogP contribution < -0.4 is 4.74 Å². The number of amidine groups is 1. The molecule has 1 fully saturated rings. The SMILES string of the molecule is COc1cccc(C(=O)N2CCCSC2=Nc2cccc(C(F)(F)F)c2)c1. The lowest BCUT2D eigenvalue weighted by molar-refractivity contribution is -0.137. The van der Waals surface area contributed by atoms with Crippen molar-refractivity contribution in [1.29, 1.82) is 0 Å². The van der Waals surface area contributed by atoms with E-state index in [0.29, 0.717) is 23.0 Å². The number of methoxy groups -OCH3 is 1. The Balaban J connectivity index is 1.91. The Bertz CT molecular complexity index is 868. The Morgan fingerprint density at radius 2 is 1.96 bits per heavy atom. The number of carbonyl (C=O) groups excluding carboxylic acids is 1. The normalized spacial score (nSPS) is 16.4. The zero-order valence-electron chi connectivity index (χ0n) is 14.5. The number of thioether (sulfide) groups is 1. The summed E-state index contributed by atoms with van der Waals surface area (Å²) in [5, 5.41) is 0.397. The lowest BCUT2D eigenvalue weighted by atomic mass is 10.2. The van der Waals surface area contributed by atoms with Gasteiger partial charge in [-0.25, -0.2) is 4.99 Å². The summed E-state index contributed by atoms with van der Waals surface area (Å²) < 4.78 is 43.9. The molecule has 0 atom stereocenters. The molecule has 1 heterocycles. The molecule has 0 N–H and O–H groups in total. The summed E-state index contributed by atoms with van der Waals surface area (Å²) in [7, 11) is 1.51. The smallest absolute Gasteiger partial charge is 0.416 e. The summed E-state index contributed by atoms with van der Waals surface area (Å²) >= 11 is 1.36. The van der Waals surface area contributed by atoms with Gasteiger partial charge in [0.25, 0.3) is 5.91 Å². The summed E-state index contributed by atoms with van der Waals surface area (Å²) in [6, 6.07) is 11.5. The maximum Gasteiger partial charge on any atom is 0.416 e. The third-order valence-electron chi connectivity index (χ3n) is 3.95. The number of halogens is 3. The van der Waals surface area contributed by atoms with Crippen molar-refractivity contribution in [1.82, 2.24) is 4.90 Å². The van der Waals surface area contributed by atoms with E-state index < -0.39 is 11.7 Å². The van der Waals surface area contributed by atoms with Gasteiger partial charge in [0.15, 0.2) is 5.17 Å². The standard InChI is InChI=1S/C19H17F3N2O2S/c1-26-16-8-2-5-13(11-16)17(25)24-9-4-10-27-18(24)23-15-7-3-6-14(12-15)19(20,21)22/h2-3,5-8,11-12H,4,9-10H2,1H3. The molecule has 8 heteroatoms. The molecular weight excluding hydrogens is 377 g/mol. The summed E-state index contributed by atoms with van der Waals surface area (Å²) in [5.74, 6) is 1.05. The molecule has 0 unspecified atom stereocenters. The first kappa shape index (κ1) is 19.3. The Kier molecular flexibility index (Phi) is 5.74. The number of nitrogens with zero attached hydrogens (tertiary/aromatic N) is 2. The third kappa shape index (κ3) is 4.63. The van der Waals surface area contributed by atoms with E-state index in [4.69, 9.17) is 4.74 Å². The van der Waals surface area contributed by atoms with Gasteiger partial charge in [-0.15, -0.1) is 0 Å². The molecule has 0 spiro atoms. The van der Waals surface area contributed by atoms with Crippen molar-refractivity contribution in [3.63, 3.8) is 0 Å². The van der Waals surface area contributed by atoms with Gasteiger partial charge in [-0.2, -0.15) is 13.2 Å². The zero-order chi connectivity index (χ0) is 19.4. The Labute approximate surface area is 159 Å². The Hall–Kier alpha value is -2.48. The molecule has 1 aliphatic heterocycles. The highest BCUT2D eigenvalue weighted by molar-refractivity contribution is 8.13. The van der Waals surface area contributed by atoms with Crippen LogP contribution in [0.5, 0.6) is 5.75 Å². The summed E-state index contributed by atoms with van der Waals surface area (Å²) in [5.41, 5.74) is -0.165. The summed E-state index contributed by atoms with van der Waals surface area (Å²) in [6.07, 6.45) is -3.66. The van der Waals surface area contributed by atoms with Crippen LogP contribution in [0.1, 0.15) is 22.3 Å². The van der Waals surface area contributed by atoms with Crippen LogP contribution in [0.3, 0.4) is 0 Å². The van der Waals surface area contributed by atoms with Crippen LogP contribution in [0.25, 0.3) is 0 Å². The maximum atomic E-state index is 12.9. The summed E-state index contributed by atoms with van der Waals surface area (Å²) in [4.78, 5) is 18.7. The van der Waals surface area contributed by atoms with Gasteiger partial charge in [0, 0.05) is 17.9 Å². The van der Waals surface area contributed by atoms with Crippen LogP contribution >= 0.6 is 11.8 Å². The number of aliphatic imine (C=N–C) groups is 1. The van der Waals surface area contributed by atoms with E-state index in [1.165, 1.54) is 35.9 Å². The number of carbonyl (C=O) groups is 1. The number of ether oxygens (including phenoxy) is 1. The molecule has 1 aliphatic rings. The van der Waals surface area contributed by atoms with E-state index in [1.54, 1.807) is 24.3 Å². The topological polar surface area (TPSA) is 41.9 Å². The van der Waals surface area contributed by atoms with E-state index in [1.807, 2.05) is 0 Å². The van der Waals surface area contributed by atoms with E-state index in [-0.39, 0.29) is 11.6 Å². The van der Waals surface area contributed by atoms with E-state index in [0.717, 1.165) is 24.3 Å². The van der Waals surface area contributed by atoms with Gasteiger partial charge in [0.05, 0.1) is 18.4 Å². The average molecular weight is 394 g/mol. The van der Waals surface area contributed by atoms with Crippen LogP contribution in [0.15, 0.2) is 53.5 Å². The fraction of sp³-hybridized carbons (Fsp3) is 0.263. The third-order valence-corrected chi connectivity index (χ3v) is 5.01. The van der Waals surface area contributed by atoms with Crippen molar-refractivity contribution >= 4 is 28.5 Å². The minimum atomic E-state index is -4.44. The Morgan fingerprint density at radius 1 is 1.19 bits per heavy atom. The van der Waals surface area contributed by atoms with Gasteiger partial charge in [-0.3, -0.25) is 9.69 Å². The molecule has 0 saturated carbocycles. The quantitative estimate of drug-likeness (QED) is 0.737. The van der Waals surface area contributed by atoms with Gasteiger partial charge in [-0.05, 0) is 42.8 Å². The first-order valence-corrected chi connectivity index (χ1v) is 9.22. The van der Waals surface area contributed by atoms with Gasteiger partial charge in [0.2, 0.25) is 0 Å². The van der Waals surface area contributed by atoms with Gasteiger partial charge in [-0.1, -0.05) is 23.9 Å². The zero-order valence-corrected chi connectivity index (χ0v) is 15.3. The molecule has 2 aromatic carbocycles. The molecule has 0 bridgehead atoms. The maximum absolute atomic E-state index is 12.9. The lowest BCUT2D eigenvalue weighted by Gasteiger charge is -2.28. The lowest BCUT2D eigenvalue weighted by Crippen LogP contribution is -2.39. The molecule has 27 heavy (non-hydrogen) atoms. The monoisotopic (exact) mass is 394 g/mol. The minimum Gasteiger partial charge on any atom is -0.497 e. The molecule has 0 aliphatic carbocycles. The molecular formula is C19H17F3N2O2S. The molecule has 4 nitrogen and oxygen atoms in total. The second-order valence-corrected chi connectivity index (χ2v) is 6.90. The molecule has 2 aromatic rings. The number of rotatable bonds is 3. The van der Waals surface area contributed by atoms with Gasteiger partial charge >= 0.3 is 6.18 Å². The summed E-state index contributed by atoms with van der Waals surface area (Å²) in [6.45, 7) is 0.459. The van der Waals surface area contributed by atoms with Crippen molar-refractivity contribution in [2.75, 3.05) is 19.4 Å². The first-order valence-electron chi connectivity index (χ1n) is 8.23. The van der Waals surface area contributed by atoms with Crippen molar-refractivity contribution in [2.45, 2.75) is 12.6 Å². The van der Waals surface area contributed by atoms with Crippen LogP contribution in [0.4, 0.5) is 18.9 Å². The highest BCUT2D eigenvalue weighted by Gasteiger charge is 2.31. The van der Waals surface area contributed by atoms with Crippen molar-refractivity contribution in [3.8, 4) is 5.75 Å². The molecule has 1 amide bonds. The van der Waals surface area contributed by atoms with Gasteiger partial charge < -0.3 is 4.74 Å². The highest BCUT2D eigenvalue weighted by atomic mass is 32.2. The predicted octanol–water partition coefficient (Wildman–Crippen LogP) is 4.98. The minimum absolute atomic E-state index is 0.165. The van der Waals surface area contributed by atoms with Crippen LogP contribution in [-0.2, 0) is 6.18 Å². The van der Waals surface area contributed by atoms with E-state index >= 15 is 0 Å². The fourth-order valence-electron chi connectivity index (χ4n) is 2.61. The number of amides is 1. The highest BCUT2D eigenvalue weighted by Crippen LogP contribution is 2.32. The van der Waals surface area contributed by atoms with E-state index in [9.17, 15) is 18.0 Å². The number of benzene rings is 2. The molecule has 0 radical (unpaired) electrons. The average Bonchev–Trinajstić information content (AvgIpc) is 2.67. The number of alkyl halides is 3. The van der Waals surface area contributed by atoms with Crippen LogP contribution in [-0.4, -0.2) is 35.4 Å². The van der Waals surface area contributed by atoms with Crippen molar-refractivity contribution in [2.24, 2.45) is 4.99 Å². The second-order valence-electron chi connectivity index (χ2n) is 5.83.